The van der Waals surface area contributed by atoms with Crippen molar-refractivity contribution in [1.29, 1.82) is 0 Å². The SMILES string of the molecule is CSc1ccc(S(=O)(=O)Nc2cc(Cl)ccc2Cl)cc1NC(=O)C(C)C. The summed E-state index contributed by atoms with van der Waals surface area (Å²) in [5.41, 5.74) is 0.622. The molecular formula is C17H18Cl2N2O3S2. The first-order valence-electron chi connectivity index (χ1n) is 7.61. The molecule has 2 aromatic carbocycles. The Morgan fingerprint density at radius 1 is 1.08 bits per heavy atom. The van der Waals surface area contributed by atoms with Crippen LogP contribution in [0.15, 0.2) is 46.2 Å². The molecule has 0 saturated carbocycles. The van der Waals surface area contributed by atoms with Crippen molar-refractivity contribution in [1.82, 2.24) is 0 Å². The lowest BCUT2D eigenvalue weighted by Gasteiger charge is -2.14. The molecule has 0 radical (unpaired) electrons. The lowest BCUT2D eigenvalue weighted by molar-refractivity contribution is -0.118. The van der Waals surface area contributed by atoms with Crippen LogP contribution < -0.4 is 10.0 Å². The van der Waals surface area contributed by atoms with Crippen LogP contribution in [0.2, 0.25) is 10.0 Å². The smallest absolute Gasteiger partial charge is 0.262 e. The fourth-order valence-corrected chi connectivity index (χ4v) is 4.03. The van der Waals surface area contributed by atoms with Gasteiger partial charge >= 0.3 is 0 Å². The summed E-state index contributed by atoms with van der Waals surface area (Å²) in [6, 6.07) is 9.04. The molecule has 0 aromatic heterocycles. The molecule has 0 aliphatic heterocycles. The van der Waals surface area contributed by atoms with E-state index in [-0.39, 0.29) is 27.4 Å². The van der Waals surface area contributed by atoms with Crippen molar-refractivity contribution in [2.75, 3.05) is 16.3 Å². The Morgan fingerprint density at radius 3 is 2.38 bits per heavy atom. The fourth-order valence-electron chi connectivity index (χ4n) is 2.01. The van der Waals surface area contributed by atoms with Crippen molar-refractivity contribution < 1.29 is 13.2 Å². The summed E-state index contributed by atoms with van der Waals surface area (Å²) < 4.78 is 27.8. The number of rotatable bonds is 6. The minimum absolute atomic E-state index is 0.00500. The first-order chi connectivity index (χ1) is 12.1. The molecule has 0 bridgehead atoms. The summed E-state index contributed by atoms with van der Waals surface area (Å²) >= 11 is 13.3. The van der Waals surface area contributed by atoms with Gasteiger partial charge < -0.3 is 5.32 Å². The van der Waals surface area contributed by atoms with Gasteiger partial charge in [0.2, 0.25) is 5.91 Å². The van der Waals surface area contributed by atoms with E-state index >= 15 is 0 Å². The van der Waals surface area contributed by atoms with Crippen LogP contribution in [0.5, 0.6) is 0 Å². The average Bonchev–Trinajstić information content (AvgIpc) is 2.57. The topological polar surface area (TPSA) is 75.3 Å². The number of carbonyl (C=O) groups is 1. The molecule has 0 spiro atoms. The van der Waals surface area contributed by atoms with Gasteiger partial charge in [0.1, 0.15) is 0 Å². The van der Waals surface area contributed by atoms with Gasteiger partial charge in [-0.25, -0.2) is 8.42 Å². The van der Waals surface area contributed by atoms with Crippen molar-refractivity contribution in [2.24, 2.45) is 5.92 Å². The molecule has 26 heavy (non-hydrogen) atoms. The zero-order valence-corrected chi connectivity index (χ0v) is 17.5. The van der Waals surface area contributed by atoms with Crippen molar-refractivity contribution >= 4 is 62.3 Å². The van der Waals surface area contributed by atoms with E-state index in [0.717, 1.165) is 4.90 Å². The van der Waals surface area contributed by atoms with E-state index in [9.17, 15) is 13.2 Å². The van der Waals surface area contributed by atoms with E-state index in [1.807, 2.05) is 6.26 Å². The van der Waals surface area contributed by atoms with Gasteiger partial charge in [-0.05, 0) is 42.7 Å². The summed E-state index contributed by atoms with van der Waals surface area (Å²) in [7, 11) is -3.91. The predicted octanol–water partition coefficient (Wildman–Crippen LogP) is 5.11. The van der Waals surface area contributed by atoms with E-state index in [4.69, 9.17) is 23.2 Å². The number of benzene rings is 2. The molecule has 0 heterocycles. The number of anilines is 2. The highest BCUT2D eigenvalue weighted by Crippen LogP contribution is 2.31. The second kappa shape index (κ2) is 8.52. The quantitative estimate of drug-likeness (QED) is 0.621. The van der Waals surface area contributed by atoms with E-state index in [0.29, 0.717) is 10.7 Å². The Hall–Kier alpha value is -1.41. The Labute approximate surface area is 167 Å². The first kappa shape index (κ1) is 20.9. The molecule has 9 heteroatoms. The summed E-state index contributed by atoms with van der Waals surface area (Å²) in [6.45, 7) is 3.52. The van der Waals surface area contributed by atoms with Crippen LogP contribution >= 0.6 is 35.0 Å². The van der Waals surface area contributed by atoms with Crippen LogP contribution in [0.25, 0.3) is 0 Å². The number of nitrogens with one attached hydrogen (secondary N) is 2. The Kier molecular flexibility index (Phi) is 6.85. The van der Waals surface area contributed by atoms with Crippen molar-refractivity contribution in [3.05, 3.63) is 46.4 Å². The van der Waals surface area contributed by atoms with Gasteiger partial charge in [0.25, 0.3) is 10.0 Å². The minimum Gasteiger partial charge on any atom is -0.325 e. The van der Waals surface area contributed by atoms with Gasteiger partial charge in [0.05, 0.1) is 21.3 Å². The number of halogens is 2. The average molecular weight is 433 g/mol. The van der Waals surface area contributed by atoms with E-state index in [1.54, 1.807) is 26.0 Å². The molecule has 2 aromatic rings. The van der Waals surface area contributed by atoms with Crippen molar-refractivity contribution in [2.45, 2.75) is 23.6 Å². The van der Waals surface area contributed by atoms with Gasteiger partial charge in [0, 0.05) is 15.8 Å². The van der Waals surface area contributed by atoms with Crippen LogP contribution in [0.4, 0.5) is 11.4 Å². The molecule has 0 unspecified atom stereocenters. The molecule has 0 aliphatic carbocycles. The van der Waals surface area contributed by atoms with Crippen LogP contribution in [0.3, 0.4) is 0 Å². The second-order valence-corrected chi connectivity index (χ2v) is 9.11. The van der Waals surface area contributed by atoms with Gasteiger partial charge in [-0.15, -0.1) is 11.8 Å². The van der Waals surface area contributed by atoms with Gasteiger partial charge in [-0.1, -0.05) is 37.0 Å². The van der Waals surface area contributed by atoms with Crippen LogP contribution in [0.1, 0.15) is 13.8 Å². The molecule has 5 nitrogen and oxygen atoms in total. The highest BCUT2D eigenvalue weighted by molar-refractivity contribution is 7.98. The molecule has 2 rings (SSSR count). The van der Waals surface area contributed by atoms with Crippen LogP contribution in [0, 0.1) is 5.92 Å². The second-order valence-electron chi connectivity index (χ2n) is 5.74. The summed E-state index contributed by atoms with van der Waals surface area (Å²) in [6.07, 6.45) is 1.85. The van der Waals surface area contributed by atoms with E-state index in [1.165, 1.54) is 36.0 Å². The van der Waals surface area contributed by atoms with E-state index < -0.39 is 10.0 Å². The Balaban J connectivity index is 2.40. The van der Waals surface area contributed by atoms with E-state index in [2.05, 4.69) is 10.0 Å². The standard InChI is InChI=1S/C17H18Cl2N2O3S2/c1-10(2)17(22)20-15-9-12(5-7-16(15)25-3)26(23,24)21-14-8-11(18)4-6-13(14)19/h4-10,21H,1-3H3,(H,20,22). The third-order valence-electron chi connectivity index (χ3n) is 3.44. The summed E-state index contributed by atoms with van der Waals surface area (Å²) in [5.74, 6) is -0.422. The maximum atomic E-state index is 12.7. The molecule has 0 atom stereocenters. The number of hydrogen-bond acceptors (Lipinski definition) is 4. The fraction of sp³-hybridized carbons (Fsp3) is 0.235. The number of thioether (sulfide) groups is 1. The molecule has 2 N–H and O–H groups in total. The number of sulfonamides is 1. The minimum atomic E-state index is -3.91. The third-order valence-corrected chi connectivity index (χ3v) is 6.16. The largest absolute Gasteiger partial charge is 0.325 e. The predicted molar refractivity (Wildman–Crippen MR) is 109 cm³/mol. The molecular weight excluding hydrogens is 415 g/mol. The Bertz CT molecular complexity index is 932. The Morgan fingerprint density at radius 2 is 1.77 bits per heavy atom. The lowest BCUT2D eigenvalue weighted by Crippen LogP contribution is -2.19. The zero-order chi connectivity index (χ0) is 19.5. The number of carbonyl (C=O) groups excluding carboxylic acids is 1. The van der Waals surface area contributed by atoms with Gasteiger partial charge in [0.15, 0.2) is 0 Å². The van der Waals surface area contributed by atoms with Gasteiger partial charge in [-0.2, -0.15) is 0 Å². The molecule has 0 saturated heterocycles. The van der Waals surface area contributed by atoms with Crippen molar-refractivity contribution in [3.63, 3.8) is 0 Å². The summed E-state index contributed by atoms with van der Waals surface area (Å²) in [5, 5.41) is 3.34. The molecule has 1 amide bonds. The number of hydrogen-bond donors (Lipinski definition) is 2. The maximum Gasteiger partial charge on any atom is 0.262 e. The highest BCUT2D eigenvalue weighted by atomic mass is 35.5. The lowest BCUT2D eigenvalue weighted by atomic mass is 10.2. The molecule has 0 aliphatic rings. The highest BCUT2D eigenvalue weighted by Gasteiger charge is 2.19. The maximum absolute atomic E-state index is 12.7. The van der Waals surface area contributed by atoms with Crippen molar-refractivity contribution in [3.8, 4) is 0 Å². The molecule has 0 fully saturated rings. The monoisotopic (exact) mass is 432 g/mol. The first-order valence-corrected chi connectivity index (χ1v) is 11.1. The van der Waals surface area contributed by atoms with Crippen LogP contribution in [-0.2, 0) is 14.8 Å². The normalized spacial score (nSPS) is 11.5. The van der Waals surface area contributed by atoms with Gasteiger partial charge in [-0.3, -0.25) is 9.52 Å². The third kappa shape index (κ3) is 5.07. The molecule has 140 valence electrons. The van der Waals surface area contributed by atoms with Crippen LogP contribution in [-0.4, -0.2) is 20.6 Å². The summed E-state index contributed by atoms with van der Waals surface area (Å²) in [4.78, 5) is 12.8. The zero-order valence-electron chi connectivity index (χ0n) is 14.3. The number of amides is 1.